The largest absolute Gasteiger partial charge is 0.453 e. The summed E-state index contributed by atoms with van der Waals surface area (Å²) in [7, 11) is 0. The van der Waals surface area contributed by atoms with Crippen molar-refractivity contribution in [2.45, 2.75) is 25.4 Å². The van der Waals surface area contributed by atoms with Crippen LogP contribution in [-0.4, -0.2) is 31.6 Å². The zero-order valence-corrected chi connectivity index (χ0v) is 11.4. The molecule has 106 valence electrons. The number of piperidine rings is 1. The molecule has 0 bridgehead atoms. The van der Waals surface area contributed by atoms with Crippen molar-refractivity contribution in [3.63, 3.8) is 0 Å². The summed E-state index contributed by atoms with van der Waals surface area (Å²) in [4.78, 5) is 12.1. The number of ether oxygens (including phenoxy) is 1. The fourth-order valence-electron chi connectivity index (χ4n) is 2.52. The van der Waals surface area contributed by atoms with Crippen LogP contribution < -0.4 is 5.32 Å². The molecule has 1 fully saturated rings. The molecule has 0 unspecified atom stereocenters. The minimum Gasteiger partial charge on any atom is -0.453 e. The Morgan fingerprint density at radius 1 is 1.30 bits per heavy atom. The lowest BCUT2D eigenvalue weighted by atomic mass is 10.1. The van der Waals surface area contributed by atoms with Gasteiger partial charge >= 0.3 is 0 Å². The number of hydrogen-bond donors (Lipinski definition) is 1. The van der Waals surface area contributed by atoms with E-state index in [4.69, 9.17) is 9.15 Å². The first-order chi connectivity index (χ1) is 9.83. The highest BCUT2D eigenvalue weighted by molar-refractivity contribution is 5.97. The summed E-state index contributed by atoms with van der Waals surface area (Å²) in [5, 5.41) is 4.26. The molecule has 0 atom stereocenters. The molecule has 20 heavy (non-hydrogen) atoms. The molecule has 0 saturated carbocycles. The van der Waals surface area contributed by atoms with Gasteiger partial charge in [-0.05, 0) is 38.1 Å². The van der Waals surface area contributed by atoms with E-state index >= 15 is 0 Å². The molecular weight excluding hydrogens is 254 g/mol. The van der Waals surface area contributed by atoms with Crippen molar-refractivity contribution < 1.29 is 13.9 Å². The molecule has 1 N–H and O–H groups in total. The van der Waals surface area contributed by atoms with E-state index in [0.717, 1.165) is 36.9 Å². The van der Waals surface area contributed by atoms with E-state index in [1.165, 1.54) is 0 Å². The second-order valence-electron chi connectivity index (χ2n) is 5.14. The van der Waals surface area contributed by atoms with Gasteiger partial charge in [0.1, 0.15) is 5.58 Å². The topological polar surface area (TPSA) is 51.5 Å². The van der Waals surface area contributed by atoms with Crippen molar-refractivity contribution in [2.75, 3.05) is 19.7 Å². The Balaban J connectivity index is 1.53. The van der Waals surface area contributed by atoms with E-state index in [2.05, 4.69) is 5.32 Å². The van der Waals surface area contributed by atoms with E-state index in [1.807, 2.05) is 30.3 Å². The fraction of sp³-hybridized carbons (Fsp3) is 0.438. The van der Waals surface area contributed by atoms with Gasteiger partial charge in [-0.15, -0.1) is 0 Å². The number of furan rings is 1. The van der Waals surface area contributed by atoms with E-state index in [0.29, 0.717) is 24.9 Å². The predicted molar refractivity (Wildman–Crippen MR) is 77.0 cm³/mol. The van der Waals surface area contributed by atoms with Crippen LogP contribution in [0.1, 0.15) is 29.8 Å². The quantitative estimate of drug-likeness (QED) is 0.851. The van der Waals surface area contributed by atoms with Gasteiger partial charge in [0, 0.05) is 11.8 Å². The molecule has 1 saturated heterocycles. The zero-order valence-electron chi connectivity index (χ0n) is 11.4. The van der Waals surface area contributed by atoms with Gasteiger partial charge in [-0.1, -0.05) is 18.2 Å². The van der Waals surface area contributed by atoms with Crippen molar-refractivity contribution in [2.24, 2.45) is 0 Å². The fourth-order valence-corrected chi connectivity index (χ4v) is 2.52. The highest BCUT2D eigenvalue weighted by Crippen LogP contribution is 2.20. The summed E-state index contributed by atoms with van der Waals surface area (Å²) in [6.07, 6.45) is 2.72. The average Bonchev–Trinajstić information content (AvgIpc) is 2.92. The van der Waals surface area contributed by atoms with Crippen molar-refractivity contribution in [1.82, 2.24) is 5.32 Å². The molecule has 0 amide bonds. The molecule has 4 nitrogen and oxygen atoms in total. The number of Topliss-reactive ketones (excluding diaryl/α,β-unsaturated/α-hetero) is 1. The van der Waals surface area contributed by atoms with Gasteiger partial charge in [0.15, 0.2) is 11.5 Å². The predicted octanol–water partition coefficient (Wildman–Crippen LogP) is 2.77. The lowest BCUT2D eigenvalue weighted by molar-refractivity contribution is 0.0309. The highest BCUT2D eigenvalue weighted by atomic mass is 16.5. The van der Waals surface area contributed by atoms with Crippen LogP contribution in [-0.2, 0) is 4.74 Å². The van der Waals surface area contributed by atoms with Crippen molar-refractivity contribution in [3.05, 3.63) is 36.1 Å². The van der Waals surface area contributed by atoms with Crippen molar-refractivity contribution in [3.8, 4) is 0 Å². The van der Waals surface area contributed by atoms with Gasteiger partial charge in [-0.25, -0.2) is 0 Å². The normalized spacial score (nSPS) is 16.6. The van der Waals surface area contributed by atoms with E-state index in [-0.39, 0.29) is 5.78 Å². The monoisotopic (exact) mass is 273 g/mol. The summed E-state index contributed by atoms with van der Waals surface area (Å²) in [5.41, 5.74) is 0.759. The average molecular weight is 273 g/mol. The first-order valence-corrected chi connectivity index (χ1v) is 7.17. The molecule has 1 aliphatic rings. The Hall–Kier alpha value is -1.65. The maximum Gasteiger partial charge on any atom is 0.200 e. The van der Waals surface area contributed by atoms with Gasteiger partial charge in [0.05, 0.1) is 12.7 Å². The summed E-state index contributed by atoms with van der Waals surface area (Å²) < 4.78 is 11.3. The lowest BCUT2D eigenvalue weighted by Crippen LogP contribution is -2.32. The Kier molecular flexibility index (Phi) is 4.14. The molecule has 2 heterocycles. The minimum atomic E-state index is 0.00938. The van der Waals surface area contributed by atoms with Gasteiger partial charge in [-0.2, -0.15) is 0 Å². The van der Waals surface area contributed by atoms with E-state index in [1.54, 1.807) is 0 Å². The number of benzene rings is 1. The third kappa shape index (κ3) is 3.08. The van der Waals surface area contributed by atoms with Crippen LogP contribution in [0.2, 0.25) is 0 Å². The molecule has 0 spiro atoms. The van der Waals surface area contributed by atoms with Gasteiger partial charge in [0.2, 0.25) is 0 Å². The smallest absolute Gasteiger partial charge is 0.200 e. The molecule has 1 aromatic carbocycles. The Morgan fingerprint density at radius 3 is 2.90 bits per heavy atom. The summed E-state index contributed by atoms with van der Waals surface area (Å²) in [6.45, 7) is 2.48. The summed E-state index contributed by atoms with van der Waals surface area (Å²) in [6, 6.07) is 9.47. The molecular formula is C16H19NO3. The molecule has 2 aromatic rings. The van der Waals surface area contributed by atoms with Crippen LogP contribution in [0.3, 0.4) is 0 Å². The van der Waals surface area contributed by atoms with Crippen LogP contribution in [0.25, 0.3) is 11.0 Å². The number of fused-ring (bicyclic) bond motifs is 1. The van der Waals surface area contributed by atoms with E-state index in [9.17, 15) is 4.79 Å². The lowest BCUT2D eigenvalue weighted by Gasteiger charge is -2.22. The van der Waals surface area contributed by atoms with E-state index < -0.39 is 0 Å². The molecule has 4 heteroatoms. The van der Waals surface area contributed by atoms with Crippen LogP contribution in [0, 0.1) is 0 Å². The maximum absolute atomic E-state index is 12.1. The number of carbonyl (C=O) groups excluding carboxylic acids is 1. The van der Waals surface area contributed by atoms with Crippen LogP contribution in [0.5, 0.6) is 0 Å². The number of rotatable bonds is 5. The Labute approximate surface area is 118 Å². The molecule has 0 radical (unpaired) electrons. The number of carbonyl (C=O) groups is 1. The number of para-hydroxylation sites is 1. The number of hydrogen-bond acceptors (Lipinski definition) is 4. The molecule has 3 rings (SSSR count). The molecule has 1 aliphatic heterocycles. The molecule has 1 aromatic heterocycles. The summed E-state index contributed by atoms with van der Waals surface area (Å²) in [5.74, 6) is 0.440. The van der Waals surface area contributed by atoms with Crippen LogP contribution in [0.4, 0.5) is 0 Å². The standard InChI is InChI=1S/C16H19NO3/c18-14(7-10-19-13-5-8-17-9-6-13)16-11-12-3-1-2-4-15(12)20-16/h1-4,11,13,17H,5-10H2. The van der Waals surface area contributed by atoms with Crippen molar-refractivity contribution in [1.29, 1.82) is 0 Å². The zero-order chi connectivity index (χ0) is 13.8. The van der Waals surface area contributed by atoms with Gasteiger partial charge < -0.3 is 14.5 Å². The Morgan fingerprint density at radius 2 is 2.10 bits per heavy atom. The number of ketones is 1. The van der Waals surface area contributed by atoms with Gasteiger partial charge in [0.25, 0.3) is 0 Å². The van der Waals surface area contributed by atoms with Gasteiger partial charge in [-0.3, -0.25) is 4.79 Å². The Bertz CT molecular complexity index is 551. The van der Waals surface area contributed by atoms with Crippen LogP contribution >= 0.6 is 0 Å². The first-order valence-electron chi connectivity index (χ1n) is 7.17. The first kappa shape index (κ1) is 13.3. The highest BCUT2D eigenvalue weighted by Gasteiger charge is 2.15. The van der Waals surface area contributed by atoms with Crippen molar-refractivity contribution >= 4 is 16.8 Å². The second-order valence-corrected chi connectivity index (χ2v) is 5.14. The second kappa shape index (κ2) is 6.20. The SMILES string of the molecule is O=C(CCOC1CCNCC1)c1cc2ccccc2o1. The molecule has 0 aliphatic carbocycles. The summed E-state index contributed by atoms with van der Waals surface area (Å²) >= 11 is 0. The number of nitrogens with one attached hydrogen (secondary N) is 1. The third-order valence-corrected chi connectivity index (χ3v) is 3.67. The maximum atomic E-state index is 12.1. The van der Waals surface area contributed by atoms with Crippen LogP contribution in [0.15, 0.2) is 34.7 Å². The third-order valence-electron chi connectivity index (χ3n) is 3.67. The minimum absolute atomic E-state index is 0.00938.